The first-order valence-corrected chi connectivity index (χ1v) is 7.02. The van der Waals surface area contributed by atoms with Gasteiger partial charge in [-0.25, -0.2) is 4.98 Å². The smallest absolute Gasteiger partial charge is 0.258 e. The Balaban J connectivity index is 1.65. The van der Waals surface area contributed by atoms with Gasteiger partial charge in [0.1, 0.15) is 5.82 Å². The number of aromatic nitrogens is 3. The number of piperidine rings is 1. The molecule has 0 spiro atoms. The highest BCUT2D eigenvalue weighted by Gasteiger charge is 2.13. The van der Waals surface area contributed by atoms with Crippen LogP contribution in [0.1, 0.15) is 18.7 Å². The van der Waals surface area contributed by atoms with Crippen molar-refractivity contribution in [2.75, 3.05) is 25.0 Å². The molecular formula is C14H19N5O. The van der Waals surface area contributed by atoms with Crippen molar-refractivity contribution in [3.05, 3.63) is 24.2 Å². The average Bonchev–Trinajstić information content (AvgIpc) is 2.93. The van der Waals surface area contributed by atoms with Gasteiger partial charge >= 0.3 is 0 Å². The maximum Gasteiger partial charge on any atom is 0.258 e. The minimum atomic E-state index is 0.537. The number of pyridine rings is 1. The molecule has 0 aromatic carbocycles. The molecule has 0 amide bonds. The minimum Gasteiger partial charge on any atom is -0.370 e. The van der Waals surface area contributed by atoms with Gasteiger partial charge < -0.3 is 15.2 Å². The zero-order valence-corrected chi connectivity index (χ0v) is 11.6. The van der Waals surface area contributed by atoms with Gasteiger partial charge in [-0.3, -0.25) is 0 Å². The zero-order chi connectivity index (χ0) is 13.8. The SMILES string of the molecule is Cc1noc(-c2ccnc(NCC3CCNCC3)c2)n1. The van der Waals surface area contributed by atoms with E-state index < -0.39 is 0 Å². The number of hydrogen-bond donors (Lipinski definition) is 2. The van der Waals surface area contributed by atoms with Crippen molar-refractivity contribution in [3.8, 4) is 11.5 Å². The molecule has 1 aliphatic heterocycles. The van der Waals surface area contributed by atoms with Crippen LogP contribution in [0.25, 0.3) is 11.5 Å². The van der Waals surface area contributed by atoms with Crippen LogP contribution < -0.4 is 10.6 Å². The summed E-state index contributed by atoms with van der Waals surface area (Å²) in [5.41, 5.74) is 0.897. The van der Waals surface area contributed by atoms with Crippen LogP contribution in [0.2, 0.25) is 0 Å². The van der Waals surface area contributed by atoms with Crippen molar-refractivity contribution < 1.29 is 4.52 Å². The highest BCUT2D eigenvalue weighted by Crippen LogP contribution is 2.20. The summed E-state index contributed by atoms with van der Waals surface area (Å²) in [6.07, 6.45) is 4.20. The van der Waals surface area contributed by atoms with Gasteiger partial charge in [-0.05, 0) is 50.9 Å². The van der Waals surface area contributed by atoms with Crippen LogP contribution in [-0.2, 0) is 0 Å². The van der Waals surface area contributed by atoms with E-state index in [0.29, 0.717) is 17.6 Å². The number of nitrogens with one attached hydrogen (secondary N) is 2. The first-order valence-electron chi connectivity index (χ1n) is 7.02. The van der Waals surface area contributed by atoms with Crippen molar-refractivity contribution in [1.29, 1.82) is 0 Å². The predicted octanol–water partition coefficient (Wildman–Crippen LogP) is 1.85. The summed E-state index contributed by atoms with van der Waals surface area (Å²) < 4.78 is 5.17. The van der Waals surface area contributed by atoms with Gasteiger partial charge in [-0.15, -0.1) is 0 Å². The molecule has 6 heteroatoms. The third-order valence-electron chi connectivity index (χ3n) is 3.57. The van der Waals surface area contributed by atoms with Gasteiger partial charge in [0.05, 0.1) is 0 Å². The predicted molar refractivity (Wildman–Crippen MR) is 76.3 cm³/mol. The van der Waals surface area contributed by atoms with E-state index in [9.17, 15) is 0 Å². The molecule has 3 heterocycles. The topological polar surface area (TPSA) is 75.9 Å². The van der Waals surface area contributed by atoms with Gasteiger partial charge in [-0.2, -0.15) is 4.98 Å². The summed E-state index contributed by atoms with van der Waals surface area (Å²) >= 11 is 0. The first-order chi connectivity index (χ1) is 9.81. The molecule has 3 rings (SSSR count). The van der Waals surface area contributed by atoms with E-state index in [-0.39, 0.29) is 0 Å². The molecule has 20 heavy (non-hydrogen) atoms. The summed E-state index contributed by atoms with van der Waals surface area (Å²) in [5.74, 6) is 2.75. The van der Waals surface area contributed by atoms with Crippen molar-refractivity contribution >= 4 is 5.82 Å². The minimum absolute atomic E-state index is 0.537. The van der Waals surface area contributed by atoms with E-state index in [1.165, 1.54) is 12.8 Å². The normalized spacial score (nSPS) is 16.2. The highest BCUT2D eigenvalue weighted by molar-refractivity contribution is 5.57. The molecule has 6 nitrogen and oxygen atoms in total. The molecule has 0 unspecified atom stereocenters. The van der Waals surface area contributed by atoms with E-state index in [0.717, 1.165) is 31.0 Å². The Morgan fingerprint density at radius 3 is 3.00 bits per heavy atom. The molecule has 106 valence electrons. The standard InChI is InChI=1S/C14H19N5O/c1-10-18-14(20-19-10)12-4-7-16-13(8-12)17-9-11-2-5-15-6-3-11/h4,7-8,11,15H,2-3,5-6,9H2,1H3,(H,16,17). The van der Waals surface area contributed by atoms with Crippen LogP contribution in [-0.4, -0.2) is 34.8 Å². The van der Waals surface area contributed by atoms with Gasteiger partial charge in [0.15, 0.2) is 5.82 Å². The van der Waals surface area contributed by atoms with Crippen LogP contribution in [0, 0.1) is 12.8 Å². The van der Waals surface area contributed by atoms with Gasteiger partial charge in [0, 0.05) is 18.3 Å². The summed E-state index contributed by atoms with van der Waals surface area (Å²) in [6, 6.07) is 3.83. The maximum absolute atomic E-state index is 5.17. The second kappa shape index (κ2) is 6.00. The third-order valence-corrected chi connectivity index (χ3v) is 3.57. The van der Waals surface area contributed by atoms with E-state index in [1.807, 2.05) is 19.1 Å². The van der Waals surface area contributed by atoms with Crippen LogP contribution in [0.3, 0.4) is 0 Å². The molecule has 2 N–H and O–H groups in total. The average molecular weight is 273 g/mol. The molecule has 1 fully saturated rings. The summed E-state index contributed by atoms with van der Waals surface area (Å²) in [7, 11) is 0. The van der Waals surface area contributed by atoms with Crippen molar-refractivity contribution in [2.24, 2.45) is 5.92 Å². The Bertz CT molecular complexity index is 562. The monoisotopic (exact) mass is 273 g/mol. The molecule has 0 atom stereocenters. The number of anilines is 1. The highest BCUT2D eigenvalue weighted by atomic mass is 16.5. The summed E-state index contributed by atoms with van der Waals surface area (Å²) in [6.45, 7) is 4.99. The van der Waals surface area contributed by atoms with E-state index >= 15 is 0 Å². The lowest BCUT2D eigenvalue weighted by Gasteiger charge is -2.22. The number of rotatable bonds is 4. The Morgan fingerprint density at radius 2 is 2.25 bits per heavy atom. The molecule has 0 aliphatic carbocycles. The van der Waals surface area contributed by atoms with Crippen molar-refractivity contribution in [1.82, 2.24) is 20.4 Å². The number of aryl methyl sites for hydroxylation is 1. The number of nitrogens with zero attached hydrogens (tertiary/aromatic N) is 3. The number of hydrogen-bond acceptors (Lipinski definition) is 6. The molecule has 0 radical (unpaired) electrons. The van der Waals surface area contributed by atoms with Gasteiger partial charge in [-0.1, -0.05) is 5.16 Å². The molecule has 1 aliphatic rings. The van der Waals surface area contributed by atoms with Gasteiger partial charge in [0.25, 0.3) is 5.89 Å². The molecular weight excluding hydrogens is 254 g/mol. The van der Waals surface area contributed by atoms with Crippen LogP contribution in [0.5, 0.6) is 0 Å². The summed E-state index contributed by atoms with van der Waals surface area (Å²) in [5, 5.41) is 10.6. The van der Waals surface area contributed by atoms with Crippen LogP contribution in [0.15, 0.2) is 22.9 Å². The van der Waals surface area contributed by atoms with Crippen molar-refractivity contribution in [3.63, 3.8) is 0 Å². The lowest BCUT2D eigenvalue weighted by molar-refractivity contribution is 0.389. The Morgan fingerprint density at radius 1 is 1.40 bits per heavy atom. The molecule has 2 aromatic heterocycles. The van der Waals surface area contributed by atoms with Crippen LogP contribution >= 0.6 is 0 Å². The molecule has 2 aromatic rings. The first kappa shape index (κ1) is 13.1. The lowest BCUT2D eigenvalue weighted by Crippen LogP contribution is -2.31. The van der Waals surface area contributed by atoms with Crippen LogP contribution in [0.4, 0.5) is 5.82 Å². The second-order valence-corrected chi connectivity index (χ2v) is 5.15. The zero-order valence-electron chi connectivity index (χ0n) is 11.6. The Kier molecular flexibility index (Phi) is 3.92. The van der Waals surface area contributed by atoms with Gasteiger partial charge in [0.2, 0.25) is 0 Å². The second-order valence-electron chi connectivity index (χ2n) is 5.15. The fourth-order valence-corrected chi connectivity index (χ4v) is 2.41. The fourth-order valence-electron chi connectivity index (χ4n) is 2.41. The van der Waals surface area contributed by atoms with E-state index in [4.69, 9.17) is 4.52 Å². The van der Waals surface area contributed by atoms with E-state index in [2.05, 4.69) is 25.8 Å². The quantitative estimate of drug-likeness (QED) is 0.885. The maximum atomic E-state index is 5.17. The third kappa shape index (κ3) is 3.14. The Labute approximate surface area is 118 Å². The van der Waals surface area contributed by atoms with Crippen molar-refractivity contribution in [2.45, 2.75) is 19.8 Å². The lowest BCUT2D eigenvalue weighted by atomic mass is 9.98. The largest absolute Gasteiger partial charge is 0.370 e. The molecule has 1 saturated heterocycles. The molecule has 0 saturated carbocycles. The summed E-state index contributed by atoms with van der Waals surface area (Å²) in [4.78, 5) is 8.57. The fraction of sp³-hybridized carbons (Fsp3) is 0.500. The molecule has 0 bridgehead atoms. The van der Waals surface area contributed by atoms with E-state index in [1.54, 1.807) is 6.20 Å². The Hall–Kier alpha value is -1.95.